The van der Waals surface area contributed by atoms with Gasteiger partial charge in [-0.25, -0.2) is 0 Å². The van der Waals surface area contributed by atoms with Crippen LogP contribution in [-0.2, 0) is 0 Å². The first-order chi connectivity index (χ1) is 10.1. The highest BCUT2D eigenvalue weighted by molar-refractivity contribution is 5.75. The second-order valence-electron chi connectivity index (χ2n) is 6.37. The second-order valence-corrected chi connectivity index (χ2v) is 6.37. The predicted octanol–water partition coefficient (Wildman–Crippen LogP) is 6.32. The van der Waals surface area contributed by atoms with Gasteiger partial charge in [0.15, 0.2) is 0 Å². The van der Waals surface area contributed by atoms with Crippen LogP contribution in [0.4, 0.5) is 0 Å². The average Bonchev–Trinajstić information content (AvgIpc) is 2.48. The van der Waals surface area contributed by atoms with Crippen molar-refractivity contribution in [2.75, 3.05) is 0 Å². The second kappa shape index (κ2) is 5.89. The Balaban J connectivity index is 2.00. The van der Waals surface area contributed by atoms with Crippen LogP contribution in [0.25, 0.3) is 16.7 Å². The highest BCUT2D eigenvalue weighted by atomic mass is 14.2. The molecule has 0 spiro atoms. The van der Waals surface area contributed by atoms with Gasteiger partial charge in [0.25, 0.3) is 0 Å². The Morgan fingerprint density at radius 2 is 1.52 bits per heavy atom. The van der Waals surface area contributed by atoms with Gasteiger partial charge in [0.05, 0.1) is 0 Å². The first-order valence-corrected chi connectivity index (χ1v) is 8.02. The summed E-state index contributed by atoms with van der Waals surface area (Å²) in [6.07, 6.45) is 5.21. The van der Waals surface area contributed by atoms with E-state index < -0.39 is 0 Å². The standard InChI is InChI=1S/C21H24/c1-15-7-6-9-18(13-15)19-11-12-21(17(3)14-19)20-10-5-4-8-16(20)2/h6-7,9,11-14H,4-5,8,10H2,1-3H3. The number of allylic oxidation sites excluding steroid dienone is 2. The number of rotatable bonds is 2. The zero-order valence-corrected chi connectivity index (χ0v) is 13.4. The van der Waals surface area contributed by atoms with E-state index in [2.05, 4.69) is 63.2 Å². The number of hydrogen-bond acceptors (Lipinski definition) is 0. The van der Waals surface area contributed by atoms with Crippen LogP contribution in [0.5, 0.6) is 0 Å². The summed E-state index contributed by atoms with van der Waals surface area (Å²) in [6, 6.07) is 15.7. The van der Waals surface area contributed by atoms with E-state index >= 15 is 0 Å². The topological polar surface area (TPSA) is 0 Å². The van der Waals surface area contributed by atoms with Crippen molar-refractivity contribution < 1.29 is 0 Å². The summed E-state index contributed by atoms with van der Waals surface area (Å²) in [6.45, 7) is 6.72. The summed E-state index contributed by atoms with van der Waals surface area (Å²) in [5, 5.41) is 0. The average molecular weight is 276 g/mol. The number of hydrogen-bond donors (Lipinski definition) is 0. The third kappa shape index (κ3) is 2.95. The fraction of sp³-hybridized carbons (Fsp3) is 0.333. The van der Waals surface area contributed by atoms with E-state index in [0.717, 1.165) is 0 Å². The zero-order chi connectivity index (χ0) is 14.8. The lowest BCUT2D eigenvalue weighted by molar-refractivity contribution is 0.714. The van der Waals surface area contributed by atoms with Crippen molar-refractivity contribution in [2.24, 2.45) is 0 Å². The molecule has 2 aromatic rings. The van der Waals surface area contributed by atoms with Crippen LogP contribution in [0.3, 0.4) is 0 Å². The molecule has 0 bridgehead atoms. The van der Waals surface area contributed by atoms with Gasteiger partial charge in [-0.1, -0.05) is 53.6 Å². The third-order valence-corrected chi connectivity index (χ3v) is 4.65. The highest BCUT2D eigenvalue weighted by Crippen LogP contribution is 2.35. The Bertz CT molecular complexity index is 689. The van der Waals surface area contributed by atoms with Gasteiger partial charge in [0, 0.05) is 0 Å². The van der Waals surface area contributed by atoms with Crippen LogP contribution in [-0.4, -0.2) is 0 Å². The molecule has 21 heavy (non-hydrogen) atoms. The Morgan fingerprint density at radius 3 is 2.24 bits per heavy atom. The van der Waals surface area contributed by atoms with Gasteiger partial charge in [0.2, 0.25) is 0 Å². The molecule has 0 unspecified atom stereocenters. The fourth-order valence-corrected chi connectivity index (χ4v) is 3.43. The minimum atomic E-state index is 1.25. The molecule has 108 valence electrons. The maximum Gasteiger partial charge on any atom is -0.0181 e. The van der Waals surface area contributed by atoms with E-state index in [1.807, 2.05) is 0 Å². The summed E-state index contributed by atoms with van der Waals surface area (Å²) < 4.78 is 0. The smallest absolute Gasteiger partial charge is 0.0181 e. The minimum absolute atomic E-state index is 1.25. The van der Waals surface area contributed by atoms with E-state index in [1.54, 1.807) is 11.1 Å². The first-order valence-electron chi connectivity index (χ1n) is 8.02. The van der Waals surface area contributed by atoms with Crippen molar-refractivity contribution in [3.05, 3.63) is 64.7 Å². The van der Waals surface area contributed by atoms with Crippen LogP contribution in [0.15, 0.2) is 48.0 Å². The Hall–Kier alpha value is -1.82. The van der Waals surface area contributed by atoms with Crippen molar-refractivity contribution in [3.63, 3.8) is 0 Å². The predicted molar refractivity (Wildman–Crippen MR) is 92.4 cm³/mol. The van der Waals surface area contributed by atoms with E-state index in [-0.39, 0.29) is 0 Å². The molecule has 0 nitrogen and oxygen atoms in total. The molecule has 0 radical (unpaired) electrons. The normalized spacial score (nSPS) is 15.4. The van der Waals surface area contributed by atoms with Gasteiger partial charge in [-0.15, -0.1) is 0 Å². The minimum Gasteiger partial charge on any atom is -0.0695 e. The third-order valence-electron chi connectivity index (χ3n) is 4.65. The largest absolute Gasteiger partial charge is 0.0695 e. The molecular weight excluding hydrogens is 252 g/mol. The van der Waals surface area contributed by atoms with E-state index in [9.17, 15) is 0 Å². The maximum absolute atomic E-state index is 2.35. The first kappa shape index (κ1) is 14.1. The van der Waals surface area contributed by atoms with Gasteiger partial charge in [0.1, 0.15) is 0 Å². The molecule has 0 heterocycles. The fourth-order valence-electron chi connectivity index (χ4n) is 3.43. The van der Waals surface area contributed by atoms with Crippen molar-refractivity contribution in [1.29, 1.82) is 0 Å². The van der Waals surface area contributed by atoms with Crippen LogP contribution in [0.1, 0.15) is 49.3 Å². The molecule has 2 aromatic carbocycles. The van der Waals surface area contributed by atoms with Gasteiger partial charge in [-0.05, 0) is 74.3 Å². The van der Waals surface area contributed by atoms with Gasteiger partial charge >= 0.3 is 0 Å². The molecular formula is C21H24. The van der Waals surface area contributed by atoms with E-state index in [4.69, 9.17) is 0 Å². The highest BCUT2D eigenvalue weighted by Gasteiger charge is 2.13. The summed E-state index contributed by atoms with van der Waals surface area (Å²) in [7, 11) is 0. The van der Waals surface area contributed by atoms with E-state index in [0.29, 0.717) is 0 Å². The van der Waals surface area contributed by atoms with Gasteiger partial charge in [-0.2, -0.15) is 0 Å². The summed E-state index contributed by atoms with van der Waals surface area (Å²) >= 11 is 0. The van der Waals surface area contributed by atoms with Crippen molar-refractivity contribution in [3.8, 4) is 11.1 Å². The lowest BCUT2D eigenvalue weighted by Crippen LogP contribution is -1.99. The SMILES string of the molecule is CC1=C(c2ccc(-c3cccc(C)c3)cc2C)CCCC1. The number of benzene rings is 2. The molecule has 3 rings (SSSR count). The molecule has 0 saturated heterocycles. The lowest BCUT2D eigenvalue weighted by Gasteiger charge is -2.20. The van der Waals surface area contributed by atoms with Crippen LogP contribution < -0.4 is 0 Å². The molecule has 0 N–H and O–H groups in total. The van der Waals surface area contributed by atoms with Crippen LogP contribution in [0, 0.1) is 13.8 Å². The summed E-state index contributed by atoms with van der Waals surface area (Å²) in [4.78, 5) is 0. The quantitative estimate of drug-likeness (QED) is 0.602. The van der Waals surface area contributed by atoms with Gasteiger partial charge in [-0.3, -0.25) is 0 Å². The molecule has 1 aliphatic carbocycles. The molecule has 0 atom stereocenters. The Labute approximate surface area is 128 Å². The molecule has 0 saturated carbocycles. The zero-order valence-electron chi connectivity index (χ0n) is 13.4. The Kier molecular flexibility index (Phi) is 3.96. The van der Waals surface area contributed by atoms with Gasteiger partial charge < -0.3 is 0 Å². The Morgan fingerprint density at radius 1 is 0.762 bits per heavy atom. The van der Waals surface area contributed by atoms with Crippen LogP contribution in [0.2, 0.25) is 0 Å². The molecule has 0 fully saturated rings. The van der Waals surface area contributed by atoms with Crippen LogP contribution >= 0.6 is 0 Å². The molecule has 0 heteroatoms. The molecule has 0 amide bonds. The maximum atomic E-state index is 2.35. The molecule has 0 aliphatic heterocycles. The molecule has 1 aliphatic rings. The monoisotopic (exact) mass is 276 g/mol. The molecule has 0 aromatic heterocycles. The number of aryl methyl sites for hydroxylation is 2. The van der Waals surface area contributed by atoms with E-state index in [1.165, 1.54) is 53.5 Å². The summed E-state index contributed by atoms with van der Waals surface area (Å²) in [5.74, 6) is 0. The van der Waals surface area contributed by atoms with Crippen molar-refractivity contribution >= 4 is 5.57 Å². The van der Waals surface area contributed by atoms with Crippen molar-refractivity contribution in [1.82, 2.24) is 0 Å². The summed E-state index contributed by atoms with van der Waals surface area (Å²) in [5.41, 5.74) is 10.0. The lowest BCUT2D eigenvalue weighted by atomic mass is 9.85. The van der Waals surface area contributed by atoms with Crippen molar-refractivity contribution in [2.45, 2.75) is 46.5 Å².